The summed E-state index contributed by atoms with van der Waals surface area (Å²) < 4.78 is 135. The average molecular weight is 518 g/mol. The second kappa shape index (κ2) is 8.73. The van der Waals surface area contributed by atoms with Crippen LogP contribution in [-0.4, -0.2) is 11.6 Å². The molecule has 0 N–H and O–H groups in total. The van der Waals surface area contributed by atoms with Crippen LogP contribution < -0.4 is 9.47 Å². The largest absolute Gasteiger partial charge is 0.443 e. The lowest BCUT2D eigenvalue weighted by Crippen LogP contribution is -2.28. The van der Waals surface area contributed by atoms with Crippen molar-refractivity contribution in [3.05, 3.63) is 105 Å². The Balaban J connectivity index is 1.98. The molecule has 0 fully saturated rings. The second-order valence-electron chi connectivity index (χ2n) is 7.18. The van der Waals surface area contributed by atoms with Gasteiger partial charge in [-0.2, -0.15) is 13.2 Å². The lowest BCUT2D eigenvalue weighted by molar-refractivity contribution is 0.0889. The van der Waals surface area contributed by atoms with Crippen molar-refractivity contribution in [1.29, 1.82) is 0 Å². The number of ether oxygens (including phenoxy) is 2. The van der Waals surface area contributed by atoms with E-state index in [1.807, 2.05) is 0 Å². The van der Waals surface area contributed by atoms with Gasteiger partial charge in [0, 0.05) is 16.7 Å². The third kappa shape index (κ3) is 3.58. The number of carbonyl (C=O) groups is 2. The molecule has 0 unspecified atom stereocenters. The topological polar surface area (TPSA) is 52.6 Å². The lowest BCUT2D eigenvalue weighted by atomic mass is 9.92. The number of rotatable bonds is 4. The van der Waals surface area contributed by atoms with Gasteiger partial charge < -0.3 is 9.47 Å². The van der Waals surface area contributed by atoms with Gasteiger partial charge in [-0.3, -0.25) is 9.59 Å². The van der Waals surface area contributed by atoms with Crippen LogP contribution in [0.3, 0.4) is 0 Å². The first-order valence-electron chi connectivity index (χ1n) is 9.50. The number of benzene rings is 3. The number of Topliss-reactive ketones (excluding diaryl/α,β-unsaturated/α-hetero) is 2. The molecular formula is C23H7F9O4. The normalized spacial score (nSPS) is 13.3. The van der Waals surface area contributed by atoms with E-state index < -0.39 is 104 Å². The van der Waals surface area contributed by atoms with Gasteiger partial charge in [0.2, 0.25) is 69.5 Å². The van der Waals surface area contributed by atoms with Crippen LogP contribution in [0.2, 0.25) is 0 Å². The zero-order valence-corrected chi connectivity index (χ0v) is 17.3. The van der Waals surface area contributed by atoms with Crippen molar-refractivity contribution in [2.75, 3.05) is 0 Å². The fourth-order valence-corrected chi connectivity index (χ4v) is 3.21. The van der Waals surface area contributed by atoms with Crippen LogP contribution in [0.1, 0.15) is 26.3 Å². The maximum absolute atomic E-state index is 14.5. The molecular weight excluding hydrogens is 511 g/mol. The van der Waals surface area contributed by atoms with Crippen LogP contribution in [0, 0.1) is 59.3 Å². The van der Waals surface area contributed by atoms with Gasteiger partial charge in [0.15, 0.2) is 17.5 Å². The van der Waals surface area contributed by atoms with Crippen LogP contribution in [-0.2, 0) is 0 Å². The first-order chi connectivity index (χ1) is 16.9. The van der Waals surface area contributed by atoms with Crippen LogP contribution in [0.15, 0.2) is 35.8 Å². The SMILES string of the molecule is Cc1c(F)c(F)c(F)c(OC2=C(Oc3c(F)c(F)c(F)c(F)c3F)C(=O)c3ccccc3C2=O)c1F. The minimum atomic E-state index is -2.57. The molecule has 0 radical (unpaired) electrons. The van der Waals surface area contributed by atoms with Gasteiger partial charge in [-0.15, -0.1) is 0 Å². The lowest BCUT2D eigenvalue weighted by Gasteiger charge is -2.22. The number of hydrogen-bond acceptors (Lipinski definition) is 4. The average Bonchev–Trinajstić information content (AvgIpc) is 2.88. The highest BCUT2D eigenvalue weighted by molar-refractivity contribution is 6.25. The highest BCUT2D eigenvalue weighted by atomic mass is 19.2. The molecule has 13 heteroatoms. The Morgan fingerprint density at radius 1 is 0.500 bits per heavy atom. The van der Waals surface area contributed by atoms with Crippen LogP contribution in [0.4, 0.5) is 39.5 Å². The molecule has 36 heavy (non-hydrogen) atoms. The van der Waals surface area contributed by atoms with Crippen molar-refractivity contribution in [3.8, 4) is 11.5 Å². The Hall–Kier alpha value is -4.29. The monoisotopic (exact) mass is 518 g/mol. The van der Waals surface area contributed by atoms with Crippen molar-refractivity contribution in [2.24, 2.45) is 0 Å². The number of fused-ring (bicyclic) bond motifs is 1. The Morgan fingerprint density at radius 3 is 1.25 bits per heavy atom. The van der Waals surface area contributed by atoms with E-state index in [-0.39, 0.29) is 0 Å². The van der Waals surface area contributed by atoms with Crippen molar-refractivity contribution < 1.29 is 58.6 Å². The fourth-order valence-electron chi connectivity index (χ4n) is 3.21. The summed E-state index contributed by atoms with van der Waals surface area (Å²) >= 11 is 0. The molecule has 3 aromatic carbocycles. The molecule has 4 rings (SSSR count). The first-order valence-corrected chi connectivity index (χ1v) is 9.50. The van der Waals surface area contributed by atoms with E-state index in [9.17, 15) is 49.1 Å². The summed E-state index contributed by atoms with van der Waals surface area (Å²) in [6.07, 6.45) is 0. The molecule has 1 aliphatic rings. The molecule has 0 aliphatic heterocycles. The zero-order chi connectivity index (χ0) is 26.6. The van der Waals surface area contributed by atoms with Crippen LogP contribution in [0.5, 0.6) is 11.5 Å². The quantitative estimate of drug-likeness (QED) is 0.242. The predicted octanol–water partition coefficient (Wildman–Crippen LogP) is 6.00. The molecule has 0 spiro atoms. The second-order valence-corrected chi connectivity index (χ2v) is 7.18. The molecule has 0 aromatic heterocycles. The zero-order valence-electron chi connectivity index (χ0n) is 17.3. The molecule has 0 heterocycles. The predicted molar refractivity (Wildman–Crippen MR) is 101 cm³/mol. The van der Waals surface area contributed by atoms with Crippen molar-refractivity contribution >= 4 is 11.6 Å². The minimum Gasteiger partial charge on any atom is -0.443 e. The highest BCUT2D eigenvalue weighted by Gasteiger charge is 2.39. The Labute approximate surface area is 194 Å². The van der Waals surface area contributed by atoms with Crippen molar-refractivity contribution in [1.82, 2.24) is 0 Å². The maximum Gasteiger partial charge on any atom is 0.233 e. The Kier molecular flexibility index (Phi) is 6.02. The first kappa shape index (κ1) is 24.8. The molecule has 0 saturated heterocycles. The van der Waals surface area contributed by atoms with Gasteiger partial charge in [0.1, 0.15) is 0 Å². The van der Waals surface area contributed by atoms with E-state index in [0.29, 0.717) is 6.92 Å². The molecule has 1 aliphatic carbocycles. The molecule has 0 bridgehead atoms. The fraction of sp³-hybridized carbons (Fsp3) is 0.0435. The Bertz CT molecular complexity index is 1360. The van der Waals surface area contributed by atoms with Gasteiger partial charge in [0.05, 0.1) is 0 Å². The van der Waals surface area contributed by atoms with E-state index in [2.05, 4.69) is 4.74 Å². The Morgan fingerprint density at radius 2 is 0.833 bits per heavy atom. The van der Waals surface area contributed by atoms with E-state index in [0.717, 1.165) is 12.1 Å². The summed E-state index contributed by atoms with van der Waals surface area (Å²) in [4.78, 5) is 25.9. The summed E-state index contributed by atoms with van der Waals surface area (Å²) in [6.45, 7) is 0.670. The van der Waals surface area contributed by atoms with Crippen LogP contribution >= 0.6 is 0 Å². The summed E-state index contributed by atoms with van der Waals surface area (Å²) in [5.41, 5.74) is -2.10. The van der Waals surface area contributed by atoms with E-state index in [1.54, 1.807) is 0 Å². The summed E-state index contributed by atoms with van der Waals surface area (Å²) in [5, 5.41) is 0. The third-order valence-corrected chi connectivity index (χ3v) is 5.06. The van der Waals surface area contributed by atoms with Gasteiger partial charge in [0.25, 0.3) is 0 Å². The number of carbonyl (C=O) groups excluding carboxylic acids is 2. The molecule has 4 nitrogen and oxygen atoms in total. The van der Waals surface area contributed by atoms with Crippen molar-refractivity contribution in [3.63, 3.8) is 0 Å². The van der Waals surface area contributed by atoms with Gasteiger partial charge in [-0.25, -0.2) is 26.3 Å². The summed E-state index contributed by atoms with van der Waals surface area (Å²) in [7, 11) is 0. The van der Waals surface area contributed by atoms with Gasteiger partial charge in [-0.1, -0.05) is 24.3 Å². The third-order valence-electron chi connectivity index (χ3n) is 5.06. The number of halogens is 9. The van der Waals surface area contributed by atoms with Gasteiger partial charge >= 0.3 is 0 Å². The summed E-state index contributed by atoms with van der Waals surface area (Å²) in [6, 6.07) is 4.50. The minimum absolute atomic E-state index is 0.484. The number of hydrogen-bond donors (Lipinski definition) is 0. The van der Waals surface area contributed by atoms with Crippen molar-refractivity contribution in [2.45, 2.75) is 6.92 Å². The maximum atomic E-state index is 14.5. The van der Waals surface area contributed by atoms with E-state index in [1.165, 1.54) is 12.1 Å². The van der Waals surface area contributed by atoms with Crippen LogP contribution in [0.25, 0.3) is 0 Å². The molecule has 186 valence electrons. The number of allylic oxidation sites excluding steroid dienone is 2. The summed E-state index contributed by atoms with van der Waals surface area (Å²) in [5.74, 6) is -30.7. The standard InChI is InChI=1S/C23H7F9O4/c1-6-9(24)11(26)15(30)20(10(6)25)35-22-18(33)7-4-2-3-5-8(7)19(34)23(22)36-21-16(31)13(28)12(27)14(29)17(21)32/h2-5H,1H3. The molecule has 3 aromatic rings. The molecule has 0 saturated carbocycles. The van der Waals surface area contributed by atoms with E-state index in [4.69, 9.17) is 4.74 Å². The number of ketones is 2. The molecule has 0 amide bonds. The highest BCUT2D eigenvalue weighted by Crippen LogP contribution is 2.37. The van der Waals surface area contributed by atoms with Gasteiger partial charge in [-0.05, 0) is 6.92 Å². The smallest absolute Gasteiger partial charge is 0.233 e. The van der Waals surface area contributed by atoms with E-state index >= 15 is 0 Å². The molecule has 0 atom stereocenters.